The molecule has 23 heavy (non-hydrogen) atoms. The van der Waals surface area contributed by atoms with Gasteiger partial charge in [-0.15, -0.1) is 0 Å². The predicted octanol–water partition coefficient (Wildman–Crippen LogP) is 1.52. The lowest BCUT2D eigenvalue weighted by Gasteiger charge is -2.34. The van der Waals surface area contributed by atoms with E-state index in [1.54, 1.807) is 10.7 Å². The zero-order valence-corrected chi connectivity index (χ0v) is 12.8. The quantitative estimate of drug-likeness (QED) is 0.774. The third-order valence-corrected chi connectivity index (χ3v) is 4.25. The van der Waals surface area contributed by atoms with Crippen molar-refractivity contribution in [3.05, 3.63) is 41.9 Å². The number of likely N-dealkylation sites (tertiary alicyclic amines) is 1. The van der Waals surface area contributed by atoms with Crippen LogP contribution in [0.5, 0.6) is 0 Å². The normalized spacial score (nSPS) is 18.5. The van der Waals surface area contributed by atoms with Crippen LogP contribution in [0.25, 0.3) is 5.65 Å². The minimum absolute atomic E-state index is 0.0563. The SMILES string of the molecule is Cc1ccn2ncc(C(=O)N3CCCC[C@H]3c3ncn[nH]3)c2n1. The fourth-order valence-electron chi connectivity index (χ4n) is 3.10. The molecule has 3 aromatic rings. The molecular weight excluding hydrogens is 294 g/mol. The van der Waals surface area contributed by atoms with Crippen LogP contribution in [-0.4, -0.2) is 47.1 Å². The van der Waals surface area contributed by atoms with E-state index in [2.05, 4.69) is 25.3 Å². The van der Waals surface area contributed by atoms with Crippen LogP contribution in [0.3, 0.4) is 0 Å². The zero-order chi connectivity index (χ0) is 15.8. The highest BCUT2D eigenvalue weighted by Crippen LogP contribution is 2.30. The molecule has 1 N–H and O–H groups in total. The zero-order valence-electron chi connectivity index (χ0n) is 12.8. The predicted molar refractivity (Wildman–Crippen MR) is 81.7 cm³/mol. The van der Waals surface area contributed by atoms with Crippen LogP contribution in [-0.2, 0) is 0 Å². The van der Waals surface area contributed by atoms with Crippen LogP contribution in [0.4, 0.5) is 0 Å². The Morgan fingerprint density at radius 3 is 3.13 bits per heavy atom. The number of nitrogens with one attached hydrogen (secondary N) is 1. The van der Waals surface area contributed by atoms with E-state index in [4.69, 9.17) is 0 Å². The number of hydrogen-bond acceptors (Lipinski definition) is 5. The first kappa shape index (κ1) is 13.9. The lowest BCUT2D eigenvalue weighted by Crippen LogP contribution is -2.39. The molecule has 4 heterocycles. The van der Waals surface area contributed by atoms with Gasteiger partial charge in [0, 0.05) is 18.4 Å². The number of piperidine rings is 1. The number of carbonyl (C=O) groups is 1. The number of rotatable bonds is 2. The summed E-state index contributed by atoms with van der Waals surface area (Å²) in [6, 6.07) is 1.80. The van der Waals surface area contributed by atoms with E-state index in [-0.39, 0.29) is 11.9 Å². The van der Waals surface area contributed by atoms with Crippen LogP contribution in [0.2, 0.25) is 0 Å². The van der Waals surface area contributed by atoms with Gasteiger partial charge in [0.15, 0.2) is 5.65 Å². The average molecular weight is 311 g/mol. The molecule has 0 bridgehead atoms. The minimum atomic E-state index is -0.0708. The smallest absolute Gasteiger partial charge is 0.259 e. The first-order chi connectivity index (χ1) is 11.2. The molecule has 1 aliphatic rings. The summed E-state index contributed by atoms with van der Waals surface area (Å²) in [5.41, 5.74) is 1.98. The maximum Gasteiger partial charge on any atom is 0.259 e. The van der Waals surface area contributed by atoms with Crippen molar-refractivity contribution in [2.24, 2.45) is 0 Å². The van der Waals surface area contributed by atoms with Gasteiger partial charge in [-0.05, 0) is 32.3 Å². The Balaban J connectivity index is 1.72. The van der Waals surface area contributed by atoms with Crippen molar-refractivity contribution in [3.8, 4) is 0 Å². The van der Waals surface area contributed by atoms with Gasteiger partial charge in [0.25, 0.3) is 5.91 Å². The highest BCUT2D eigenvalue weighted by molar-refractivity contribution is 5.99. The number of hydrogen-bond donors (Lipinski definition) is 1. The molecule has 0 spiro atoms. The molecule has 1 aliphatic heterocycles. The molecule has 0 unspecified atom stereocenters. The van der Waals surface area contributed by atoms with E-state index >= 15 is 0 Å². The molecule has 0 aliphatic carbocycles. The molecule has 8 heteroatoms. The first-order valence-electron chi connectivity index (χ1n) is 7.71. The van der Waals surface area contributed by atoms with E-state index in [1.807, 2.05) is 24.1 Å². The Labute approximate surface area is 132 Å². The molecule has 0 radical (unpaired) electrons. The van der Waals surface area contributed by atoms with Gasteiger partial charge in [-0.3, -0.25) is 9.89 Å². The highest BCUT2D eigenvalue weighted by Gasteiger charge is 2.32. The summed E-state index contributed by atoms with van der Waals surface area (Å²) in [5.74, 6) is 0.679. The lowest BCUT2D eigenvalue weighted by atomic mass is 10.0. The second-order valence-electron chi connectivity index (χ2n) is 5.78. The summed E-state index contributed by atoms with van der Waals surface area (Å²) in [6.07, 6.45) is 7.83. The monoisotopic (exact) mass is 311 g/mol. The van der Waals surface area contributed by atoms with Gasteiger partial charge in [-0.2, -0.15) is 10.2 Å². The summed E-state index contributed by atoms with van der Waals surface area (Å²) >= 11 is 0. The number of aromatic nitrogens is 6. The number of aromatic amines is 1. The van der Waals surface area contributed by atoms with Crippen LogP contribution in [0, 0.1) is 6.92 Å². The average Bonchev–Trinajstić information content (AvgIpc) is 3.23. The second-order valence-corrected chi connectivity index (χ2v) is 5.78. The van der Waals surface area contributed by atoms with E-state index in [0.29, 0.717) is 17.8 Å². The topological polar surface area (TPSA) is 92.1 Å². The Morgan fingerprint density at radius 1 is 1.39 bits per heavy atom. The van der Waals surface area contributed by atoms with E-state index < -0.39 is 0 Å². The van der Waals surface area contributed by atoms with Crippen LogP contribution in [0.1, 0.15) is 47.2 Å². The number of nitrogens with zero attached hydrogens (tertiary/aromatic N) is 6. The van der Waals surface area contributed by atoms with Gasteiger partial charge in [0.2, 0.25) is 0 Å². The van der Waals surface area contributed by atoms with Gasteiger partial charge >= 0.3 is 0 Å². The van der Waals surface area contributed by atoms with Crippen molar-refractivity contribution in [1.29, 1.82) is 0 Å². The van der Waals surface area contributed by atoms with Gasteiger partial charge in [-0.25, -0.2) is 14.5 Å². The van der Waals surface area contributed by atoms with Crippen LogP contribution < -0.4 is 0 Å². The van der Waals surface area contributed by atoms with Crippen molar-refractivity contribution in [1.82, 2.24) is 34.7 Å². The van der Waals surface area contributed by atoms with Crippen molar-refractivity contribution < 1.29 is 4.79 Å². The van der Waals surface area contributed by atoms with Gasteiger partial charge in [-0.1, -0.05) is 0 Å². The van der Waals surface area contributed by atoms with Crippen molar-refractivity contribution in [2.45, 2.75) is 32.2 Å². The number of amides is 1. The maximum atomic E-state index is 13.1. The maximum absolute atomic E-state index is 13.1. The van der Waals surface area contributed by atoms with Crippen molar-refractivity contribution >= 4 is 11.6 Å². The van der Waals surface area contributed by atoms with Gasteiger partial charge in [0.05, 0.1) is 12.2 Å². The van der Waals surface area contributed by atoms with Crippen molar-refractivity contribution in [3.63, 3.8) is 0 Å². The van der Waals surface area contributed by atoms with Crippen LogP contribution in [0.15, 0.2) is 24.8 Å². The molecule has 1 amide bonds. The summed E-state index contributed by atoms with van der Waals surface area (Å²) in [5, 5.41) is 11.0. The Kier molecular flexibility index (Phi) is 3.29. The number of fused-ring (bicyclic) bond motifs is 1. The molecular formula is C15H17N7O. The molecule has 3 aromatic heterocycles. The molecule has 118 valence electrons. The number of H-pyrrole nitrogens is 1. The third kappa shape index (κ3) is 2.36. The number of carbonyl (C=O) groups excluding carboxylic acids is 1. The second kappa shape index (κ2) is 5.45. The summed E-state index contributed by atoms with van der Waals surface area (Å²) in [7, 11) is 0. The summed E-state index contributed by atoms with van der Waals surface area (Å²) in [6.45, 7) is 2.60. The van der Waals surface area contributed by atoms with Gasteiger partial charge in [0.1, 0.15) is 17.7 Å². The molecule has 4 rings (SSSR count). The largest absolute Gasteiger partial charge is 0.328 e. The molecule has 1 saturated heterocycles. The molecule has 1 fully saturated rings. The van der Waals surface area contributed by atoms with E-state index in [1.165, 1.54) is 6.33 Å². The fraction of sp³-hybridized carbons (Fsp3) is 0.400. The standard InChI is InChI=1S/C15H17N7O/c1-10-5-7-22-14(19-10)11(8-18-22)15(23)21-6-3-2-4-12(21)13-16-9-17-20-13/h5,7-9,12H,2-4,6H2,1H3,(H,16,17,20)/t12-/m0/s1. The lowest BCUT2D eigenvalue weighted by molar-refractivity contribution is 0.0602. The molecule has 0 saturated carbocycles. The highest BCUT2D eigenvalue weighted by atomic mass is 16.2. The fourth-order valence-corrected chi connectivity index (χ4v) is 3.10. The minimum Gasteiger partial charge on any atom is -0.328 e. The Bertz CT molecular complexity index is 839. The van der Waals surface area contributed by atoms with Gasteiger partial charge < -0.3 is 4.90 Å². The summed E-state index contributed by atoms with van der Waals surface area (Å²) in [4.78, 5) is 23.6. The van der Waals surface area contributed by atoms with E-state index in [9.17, 15) is 4.79 Å². The summed E-state index contributed by atoms with van der Waals surface area (Å²) < 4.78 is 1.63. The van der Waals surface area contributed by atoms with Crippen LogP contribution >= 0.6 is 0 Å². The Morgan fingerprint density at radius 2 is 2.30 bits per heavy atom. The number of aryl methyl sites for hydroxylation is 1. The van der Waals surface area contributed by atoms with Crippen molar-refractivity contribution in [2.75, 3.05) is 6.54 Å². The Hall–Kier alpha value is -2.77. The molecule has 1 atom stereocenters. The third-order valence-electron chi connectivity index (χ3n) is 4.25. The van der Waals surface area contributed by atoms with E-state index in [0.717, 1.165) is 30.8 Å². The molecule has 8 nitrogen and oxygen atoms in total. The first-order valence-corrected chi connectivity index (χ1v) is 7.71. The molecule has 0 aromatic carbocycles.